The lowest BCUT2D eigenvalue weighted by Crippen LogP contribution is -2.45. The van der Waals surface area contributed by atoms with E-state index in [1.807, 2.05) is 12.1 Å². The fourth-order valence-electron chi connectivity index (χ4n) is 3.67. The van der Waals surface area contributed by atoms with Crippen LogP contribution < -0.4 is 20.3 Å². The van der Waals surface area contributed by atoms with Gasteiger partial charge in [0.05, 0.1) is 25.6 Å². The van der Waals surface area contributed by atoms with Crippen LogP contribution in [0.5, 0.6) is 11.5 Å². The lowest BCUT2D eigenvalue weighted by atomic mass is 10.2. The van der Waals surface area contributed by atoms with Gasteiger partial charge in [-0.05, 0) is 60.7 Å². The molecular formula is C30H26N6O6. The quantitative estimate of drug-likeness (QED) is 0.220. The number of nitrogens with one attached hydrogen (secondary N) is 2. The SMILES string of the molecule is O=C(N/N=C/c1cccnc1)c1ccc(OC2OCCOC2Oc2ccc(C(=O)N/N=C/c3cccnc3)cc2)cc1. The van der Waals surface area contributed by atoms with Crippen molar-refractivity contribution in [2.75, 3.05) is 13.2 Å². The van der Waals surface area contributed by atoms with Gasteiger partial charge in [0.2, 0.25) is 0 Å². The van der Waals surface area contributed by atoms with Crippen molar-refractivity contribution < 1.29 is 28.5 Å². The van der Waals surface area contributed by atoms with Crippen LogP contribution in [0.25, 0.3) is 0 Å². The first-order valence-electron chi connectivity index (χ1n) is 12.9. The zero-order valence-corrected chi connectivity index (χ0v) is 22.2. The van der Waals surface area contributed by atoms with Gasteiger partial charge in [0, 0.05) is 47.0 Å². The molecule has 0 bridgehead atoms. The first-order chi connectivity index (χ1) is 20.6. The van der Waals surface area contributed by atoms with Gasteiger partial charge < -0.3 is 18.9 Å². The molecule has 2 aromatic heterocycles. The van der Waals surface area contributed by atoms with Crippen molar-refractivity contribution in [2.24, 2.45) is 10.2 Å². The number of carbonyl (C=O) groups excluding carboxylic acids is 2. The van der Waals surface area contributed by atoms with Crippen LogP contribution in [0.4, 0.5) is 0 Å². The van der Waals surface area contributed by atoms with Crippen LogP contribution in [-0.4, -0.2) is 60.0 Å². The fraction of sp³-hybridized carbons (Fsp3) is 0.133. The third kappa shape index (κ3) is 8.03. The molecule has 5 rings (SSSR count). The van der Waals surface area contributed by atoms with E-state index in [4.69, 9.17) is 18.9 Å². The summed E-state index contributed by atoms with van der Waals surface area (Å²) >= 11 is 0. The number of ether oxygens (including phenoxy) is 4. The molecule has 1 saturated heterocycles. The highest BCUT2D eigenvalue weighted by atomic mass is 16.8. The maximum atomic E-state index is 12.4. The monoisotopic (exact) mass is 566 g/mol. The highest BCUT2D eigenvalue weighted by Crippen LogP contribution is 2.22. The van der Waals surface area contributed by atoms with E-state index in [9.17, 15) is 9.59 Å². The predicted molar refractivity (Wildman–Crippen MR) is 152 cm³/mol. The average Bonchev–Trinajstić information content (AvgIpc) is 3.03. The number of hydrogen-bond donors (Lipinski definition) is 2. The maximum absolute atomic E-state index is 12.4. The third-order valence-electron chi connectivity index (χ3n) is 5.74. The third-order valence-corrected chi connectivity index (χ3v) is 5.74. The van der Waals surface area contributed by atoms with Gasteiger partial charge in [-0.25, -0.2) is 10.9 Å². The van der Waals surface area contributed by atoms with Gasteiger partial charge >= 0.3 is 0 Å². The lowest BCUT2D eigenvalue weighted by Gasteiger charge is -2.31. The molecule has 2 N–H and O–H groups in total. The van der Waals surface area contributed by atoms with Crippen molar-refractivity contribution >= 4 is 24.2 Å². The largest absolute Gasteiger partial charge is 0.458 e. The highest BCUT2D eigenvalue weighted by molar-refractivity contribution is 5.95. The molecule has 1 aliphatic rings. The van der Waals surface area contributed by atoms with Crippen LogP contribution >= 0.6 is 0 Å². The Morgan fingerprint density at radius 1 is 0.690 bits per heavy atom. The van der Waals surface area contributed by atoms with E-state index in [-0.39, 0.29) is 11.8 Å². The second-order valence-electron chi connectivity index (χ2n) is 8.73. The highest BCUT2D eigenvalue weighted by Gasteiger charge is 2.31. The topological polar surface area (TPSA) is 146 Å². The molecule has 1 aliphatic heterocycles. The molecule has 212 valence electrons. The molecule has 2 unspecified atom stereocenters. The molecule has 4 aromatic rings. The number of pyridine rings is 2. The summed E-state index contributed by atoms with van der Waals surface area (Å²) in [7, 11) is 0. The van der Waals surface area contributed by atoms with E-state index in [0.29, 0.717) is 35.8 Å². The predicted octanol–water partition coefficient (Wildman–Crippen LogP) is 3.16. The van der Waals surface area contributed by atoms with E-state index >= 15 is 0 Å². The molecule has 0 spiro atoms. The van der Waals surface area contributed by atoms with Gasteiger partial charge in [-0.3, -0.25) is 19.6 Å². The van der Waals surface area contributed by atoms with E-state index < -0.39 is 12.6 Å². The Labute approximate surface area is 241 Å². The van der Waals surface area contributed by atoms with Gasteiger partial charge in [0.15, 0.2) is 0 Å². The van der Waals surface area contributed by atoms with Crippen molar-refractivity contribution in [1.29, 1.82) is 0 Å². The molecule has 2 amide bonds. The molecule has 1 fully saturated rings. The second-order valence-corrected chi connectivity index (χ2v) is 8.73. The van der Waals surface area contributed by atoms with Crippen molar-refractivity contribution in [3.05, 3.63) is 120 Å². The summed E-state index contributed by atoms with van der Waals surface area (Å²) in [6.45, 7) is 0.636. The number of hydrogen-bond acceptors (Lipinski definition) is 10. The Morgan fingerprint density at radius 3 is 1.50 bits per heavy atom. The van der Waals surface area contributed by atoms with Gasteiger partial charge in [-0.1, -0.05) is 12.1 Å². The van der Waals surface area contributed by atoms with Crippen LogP contribution in [0.1, 0.15) is 31.8 Å². The zero-order chi connectivity index (χ0) is 29.0. The first-order valence-corrected chi connectivity index (χ1v) is 12.9. The normalized spacial score (nSPS) is 16.7. The van der Waals surface area contributed by atoms with E-state index in [2.05, 4.69) is 31.0 Å². The Hall–Kier alpha value is -5.46. The summed E-state index contributed by atoms with van der Waals surface area (Å²) in [5, 5.41) is 7.89. The number of aromatic nitrogens is 2. The van der Waals surface area contributed by atoms with E-state index in [1.54, 1.807) is 85.5 Å². The maximum Gasteiger partial charge on any atom is 0.271 e. The Balaban J connectivity index is 1.12. The minimum absolute atomic E-state index is 0.318. The Bertz CT molecular complexity index is 1400. The number of hydrazone groups is 2. The van der Waals surface area contributed by atoms with Crippen molar-refractivity contribution in [2.45, 2.75) is 12.6 Å². The molecule has 0 aliphatic carbocycles. The minimum atomic E-state index is -0.868. The molecular weight excluding hydrogens is 540 g/mol. The summed E-state index contributed by atoms with van der Waals surface area (Å²) in [6, 6.07) is 20.2. The smallest absolute Gasteiger partial charge is 0.271 e. The summed E-state index contributed by atoms with van der Waals surface area (Å²) < 4.78 is 23.3. The molecule has 12 heteroatoms. The zero-order valence-electron chi connectivity index (χ0n) is 22.2. The van der Waals surface area contributed by atoms with Crippen LogP contribution in [-0.2, 0) is 9.47 Å². The molecule has 2 atom stereocenters. The molecule has 0 radical (unpaired) electrons. The van der Waals surface area contributed by atoms with Crippen molar-refractivity contribution in [1.82, 2.24) is 20.8 Å². The van der Waals surface area contributed by atoms with Crippen molar-refractivity contribution in [3.8, 4) is 11.5 Å². The molecule has 12 nitrogen and oxygen atoms in total. The van der Waals surface area contributed by atoms with Crippen LogP contribution in [0.3, 0.4) is 0 Å². The molecule has 3 heterocycles. The van der Waals surface area contributed by atoms with E-state index in [0.717, 1.165) is 11.1 Å². The molecule has 0 saturated carbocycles. The number of carbonyl (C=O) groups is 2. The lowest BCUT2D eigenvalue weighted by molar-refractivity contribution is -0.271. The standard InChI is InChI=1S/C30H26N6O6/c37-27(35-33-19-21-3-1-13-31-17-21)23-5-9-25(10-6-23)41-29-30(40-16-15-39-29)42-26-11-7-24(8-12-26)28(38)36-34-20-22-4-2-14-32-18-22/h1-14,17-20,29-30H,15-16H2,(H,35,37)(H,36,38)/b33-19+,34-20+. The first kappa shape index (κ1) is 28.1. The van der Waals surface area contributed by atoms with Gasteiger partial charge in [-0.15, -0.1) is 0 Å². The van der Waals surface area contributed by atoms with Gasteiger partial charge in [0.1, 0.15) is 11.5 Å². The van der Waals surface area contributed by atoms with Crippen LogP contribution in [0, 0.1) is 0 Å². The number of amides is 2. The average molecular weight is 567 g/mol. The van der Waals surface area contributed by atoms with E-state index in [1.165, 1.54) is 12.4 Å². The molecule has 42 heavy (non-hydrogen) atoms. The minimum Gasteiger partial charge on any atom is -0.458 e. The second kappa shape index (κ2) is 14.3. The van der Waals surface area contributed by atoms with Gasteiger partial charge in [-0.2, -0.15) is 10.2 Å². The van der Waals surface area contributed by atoms with Crippen LogP contribution in [0.2, 0.25) is 0 Å². The Morgan fingerprint density at radius 2 is 1.12 bits per heavy atom. The van der Waals surface area contributed by atoms with Crippen LogP contribution in [0.15, 0.2) is 108 Å². The Kier molecular flexibility index (Phi) is 9.53. The summed E-state index contributed by atoms with van der Waals surface area (Å²) in [4.78, 5) is 32.8. The number of rotatable bonds is 10. The van der Waals surface area contributed by atoms with Gasteiger partial charge in [0.25, 0.3) is 24.4 Å². The summed E-state index contributed by atoms with van der Waals surface area (Å²) in [5.41, 5.74) is 7.26. The number of nitrogens with zero attached hydrogens (tertiary/aromatic N) is 4. The fourth-order valence-corrected chi connectivity index (χ4v) is 3.67. The summed E-state index contributed by atoms with van der Waals surface area (Å²) in [6.07, 6.45) is 7.84. The number of benzene rings is 2. The molecule has 2 aromatic carbocycles. The van der Waals surface area contributed by atoms with Crippen molar-refractivity contribution in [3.63, 3.8) is 0 Å². The summed E-state index contributed by atoms with van der Waals surface area (Å²) in [5.74, 6) is 0.150.